The number of benzene rings is 2. The van der Waals surface area contributed by atoms with Crippen LogP contribution in [0.4, 0.5) is 0 Å². The second kappa shape index (κ2) is 8.57. The highest BCUT2D eigenvalue weighted by molar-refractivity contribution is 5.33. The van der Waals surface area contributed by atoms with E-state index in [1.807, 2.05) is 55.5 Å². The van der Waals surface area contributed by atoms with Crippen molar-refractivity contribution >= 4 is 0 Å². The van der Waals surface area contributed by atoms with E-state index in [9.17, 15) is 5.11 Å². The summed E-state index contributed by atoms with van der Waals surface area (Å²) in [5.74, 6) is 0.944. The highest BCUT2D eigenvalue weighted by Gasteiger charge is 2.15. The van der Waals surface area contributed by atoms with Crippen molar-refractivity contribution in [2.45, 2.75) is 31.9 Å². The van der Waals surface area contributed by atoms with E-state index in [1.54, 1.807) is 7.11 Å². The highest BCUT2D eigenvalue weighted by Crippen LogP contribution is 2.19. The predicted octanol–water partition coefficient (Wildman–Crippen LogP) is 3.34. The molecule has 0 amide bonds. The van der Waals surface area contributed by atoms with Crippen molar-refractivity contribution in [1.82, 2.24) is 5.32 Å². The van der Waals surface area contributed by atoms with Crippen LogP contribution in [-0.2, 0) is 6.42 Å². The molecule has 0 aliphatic carbocycles. The van der Waals surface area contributed by atoms with Gasteiger partial charge in [-0.1, -0.05) is 48.5 Å². The summed E-state index contributed by atoms with van der Waals surface area (Å²) in [5, 5.41) is 13.7. The van der Waals surface area contributed by atoms with E-state index in [0.717, 1.165) is 30.7 Å². The van der Waals surface area contributed by atoms with E-state index in [-0.39, 0.29) is 6.04 Å². The van der Waals surface area contributed by atoms with Gasteiger partial charge in [-0.3, -0.25) is 0 Å². The number of para-hydroxylation sites is 1. The Morgan fingerprint density at radius 2 is 1.73 bits per heavy atom. The summed E-state index contributed by atoms with van der Waals surface area (Å²) >= 11 is 0. The molecule has 0 bridgehead atoms. The molecule has 22 heavy (non-hydrogen) atoms. The summed E-state index contributed by atoms with van der Waals surface area (Å²) in [6.07, 6.45) is 1.49. The predicted molar refractivity (Wildman–Crippen MR) is 90.2 cm³/mol. The highest BCUT2D eigenvalue weighted by atomic mass is 16.5. The quantitative estimate of drug-likeness (QED) is 0.735. The van der Waals surface area contributed by atoms with Gasteiger partial charge < -0.3 is 15.2 Å². The molecule has 0 fully saturated rings. The first-order valence-electron chi connectivity index (χ1n) is 7.80. The molecule has 2 aromatic rings. The lowest BCUT2D eigenvalue weighted by Crippen LogP contribution is -2.33. The molecule has 0 aliphatic rings. The molecule has 0 saturated carbocycles. The lowest BCUT2D eigenvalue weighted by atomic mass is 10.0. The van der Waals surface area contributed by atoms with Crippen molar-refractivity contribution < 1.29 is 9.84 Å². The van der Waals surface area contributed by atoms with Crippen LogP contribution in [0, 0.1) is 0 Å². The largest absolute Gasteiger partial charge is 0.496 e. The maximum atomic E-state index is 10.3. The minimum absolute atomic E-state index is 0.0278. The molecule has 2 atom stereocenters. The minimum Gasteiger partial charge on any atom is -0.496 e. The number of aliphatic hydroxyl groups excluding tert-OH is 1. The SMILES string of the molecule is COc1ccccc1CCCNC(C)C(O)c1ccccc1. The second-order valence-electron chi connectivity index (χ2n) is 5.51. The summed E-state index contributed by atoms with van der Waals surface area (Å²) in [4.78, 5) is 0. The Balaban J connectivity index is 1.76. The third kappa shape index (κ3) is 4.58. The first-order chi connectivity index (χ1) is 10.7. The van der Waals surface area contributed by atoms with Gasteiger partial charge in [0.1, 0.15) is 5.75 Å². The Hall–Kier alpha value is -1.84. The lowest BCUT2D eigenvalue weighted by Gasteiger charge is -2.20. The van der Waals surface area contributed by atoms with Crippen molar-refractivity contribution in [3.05, 3.63) is 65.7 Å². The molecule has 0 saturated heterocycles. The summed E-state index contributed by atoms with van der Waals surface area (Å²) < 4.78 is 5.36. The third-order valence-electron chi connectivity index (χ3n) is 3.90. The monoisotopic (exact) mass is 299 g/mol. The maximum absolute atomic E-state index is 10.3. The van der Waals surface area contributed by atoms with Crippen LogP contribution >= 0.6 is 0 Å². The molecular formula is C19H25NO2. The van der Waals surface area contributed by atoms with Gasteiger partial charge >= 0.3 is 0 Å². The zero-order valence-corrected chi connectivity index (χ0v) is 13.3. The molecule has 118 valence electrons. The van der Waals surface area contributed by atoms with Crippen LogP contribution < -0.4 is 10.1 Å². The van der Waals surface area contributed by atoms with Gasteiger partial charge in [-0.15, -0.1) is 0 Å². The molecule has 3 heteroatoms. The molecule has 0 spiro atoms. The average molecular weight is 299 g/mol. The van der Waals surface area contributed by atoms with Crippen LogP contribution in [-0.4, -0.2) is 24.8 Å². The fourth-order valence-electron chi connectivity index (χ4n) is 2.57. The van der Waals surface area contributed by atoms with E-state index in [4.69, 9.17) is 4.74 Å². The summed E-state index contributed by atoms with van der Waals surface area (Å²) in [6.45, 7) is 2.88. The van der Waals surface area contributed by atoms with Crippen LogP contribution in [0.5, 0.6) is 5.75 Å². The van der Waals surface area contributed by atoms with Crippen molar-refractivity contribution in [2.24, 2.45) is 0 Å². The van der Waals surface area contributed by atoms with Crippen molar-refractivity contribution in [3.63, 3.8) is 0 Å². The topological polar surface area (TPSA) is 41.5 Å². The van der Waals surface area contributed by atoms with Gasteiger partial charge in [0, 0.05) is 6.04 Å². The molecule has 3 nitrogen and oxygen atoms in total. The molecule has 2 N–H and O–H groups in total. The third-order valence-corrected chi connectivity index (χ3v) is 3.90. The fourth-order valence-corrected chi connectivity index (χ4v) is 2.57. The number of aliphatic hydroxyl groups is 1. The molecule has 2 rings (SSSR count). The van der Waals surface area contributed by atoms with E-state index < -0.39 is 6.10 Å². The normalized spacial score (nSPS) is 13.6. The Morgan fingerprint density at radius 3 is 2.45 bits per heavy atom. The lowest BCUT2D eigenvalue weighted by molar-refractivity contribution is 0.136. The van der Waals surface area contributed by atoms with E-state index in [2.05, 4.69) is 11.4 Å². The van der Waals surface area contributed by atoms with Gasteiger partial charge in [-0.05, 0) is 43.5 Å². The van der Waals surface area contributed by atoms with Crippen LogP contribution in [0.1, 0.15) is 30.6 Å². The zero-order valence-electron chi connectivity index (χ0n) is 13.3. The van der Waals surface area contributed by atoms with Crippen LogP contribution in [0.25, 0.3) is 0 Å². The van der Waals surface area contributed by atoms with Gasteiger partial charge in [0.15, 0.2) is 0 Å². The maximum Gasteiger partial charge on any atom is 0.122 e. The minimum atomic E-state index is -0.479. The van der Waals surface area contributed by atoms with Gasteiger partial charge in [0.05, 0.1) is 13.2 Å². The molecule has 0 radical (unpaired) electrons. The Bertz CT molecular complexity index is 556. The number of hydrogen-bond acceptors (Lipinski definition) is 3. The number of rotatable bonds is 8. The first kappa shape index (κ1) is 16.5. The zero-order chi connectivity index (χ0) is 15.8. The average Bonchev–Trinajstić information content (AvgIpc) is 2.59. The molecule has 2 aromatic carbocycles. The molecular weight excluding hydrogens is 274 g/mol. The molecule has 0 aliphatic heterocycles. The van der Waals surface area contributed by atoms with Gasteiger partial charge in [0.25, 0.3) is 0 Å². The van der Waals surface area contributed by atoms with Crippen molar-refractivity contribution in [2.75, 3.05) is 13.7 Å². The summed E-state index contributed by atoms with van der Waals surface area (Å²) in [7, 11) is 1.70. The van der Waals surface area contributed by atoms with Crippen molar-refractivity contribution in [1.29, 1.82) is 0 Å². The van der Waals surface area contributed by atoms with Crippen molar-refractivity contribution in [3.8, 4) is 5.75 Å². The van der Waals surface area contributed by atoms with Gasteiger partial charge in [-0.25, -0.2) is 0 Å². The summed E-state index contributed by atoms with van der Waals surface area (Å²) in [6, 6.07) is 17.9. The van der Waals surface area contributed by atoms with Crippen LogP contribution in [0.3, 0.4) is 0 Å². The second-order valence-corrected chi connectivity index (χ2v) is 5.51. The van der Waals surface area contributed by atoms with Gasteiger partial charge in [-0.2, -0.15) is 0 Å². The number of hydrogen-bond donors (Lipinski definition) is 2. The molecule has 2 unspecified atom stereocenters. The van der Waals surface area contributed by atoms with Gasteiger partial charge in [0.2, 0.25) is 0 Å². The molecule has 0 heterocycles. The Kier molecular flexibility index (Phi) is 6.44. The smallest absolute Gasteiger partial charge is 0.122 e. The Labute approximate surface area is 133 Å². The fraction of sp³-hybridized carbons (Fsp3) is 0.368. The summed E-state index contributed by atoms with van der Waals surface area (Å²) in [5.41, 5.74) is 2.18. The van der Waals surface area contributed by atoms with Crippen LogP contribution in [0.2, 0.25) is 0 Å². The number of aryl methyl sites for hydroxylation is 1. The Morgan fingerprint density at radius 1 is 1.05 bits per heavy atom. The standard InChI is InChI=1S/C19H25NO2/c1-15(19(21)17-10-4-3-5-11-17)20-14-8-12-16-9-6-7-13-18(16)22-2/h3-7,9-11,13,15,19-21H,8,12,14H2,1-2H3. The van der Waals surface area contributed by atoms with Crippen LogP contribution in [0.15, 0.2) is 54.6 Å². The number of ether oxygens (including phenoxy) is 1. The number of methoxy groups -OCH3 is 1. The van der Waals surface area contributed by atoms with E-state index >= 15 is 0 Å². The molecule has 0 aromatic heterocycles. The van der Waals surface area contributed by atoms with E-state index in [0.29, 0.717) is 0 Å². The first-order valence-corrected chi connectivity index (χ1v) is 7.80. The number of nitrogens with one attached hydrogen (secondary N) is 1. The van der Waals surface area contributed by atoms with E-state index in [1.165, 1.54) is 5.56 Å².